The monoisotopic (exact) mass is 168 g/mol. The van der Waals surface area contributed by atoms with Crippen LogP contribution in [0.25, 0.3) is 0 Å². The summed E-state index contributed by atoms with van der Waals surface area (Å²) in [6.45, 7) is 0. The number of phenols is 1. The van der Waals surface area contributed by atoms with Crippen molar-refractivity contribution in [3.63, 3.8) is 0 Å². The van der Waals surface area contributed by atoms with Crippen molar-refractivity contribution < 1.29 is 19.7 Å². The van der Waals surface area contributed by atoms with Crippen molar-refractivity contribution in [2.45, 2.75) is 0 Å². The summed E-state index contributed by atoms with van der Waals surface area (Å²) in [4.78, 5) is 10.5. The Morgan fingerprint density at radius 3 is 2.67 bits per heavy atom. The third-order valence-corrected chi connectivity index (χ3v) is 1.42. The van der Waals surface area contributed by atoms with Crippen LogP contribution in [0.2, 0.25) is 0 Å². The molecule has 0 radical (unpaired) electrons. The zero-order valence-corrected chi connectivity index (χ0v) is 6.44. The molecular formula is C8H8O4. The average molecular weight is 168 g/mol. The molecule has 0 spiro atoms. The van der Waals surface area contributed by atoms with Gasteiger partial charge in [0.05, 0.1) is 7.11 Å². The van der Waals surface area contributed by atoms with E-state index in [4.69, 9.17) is 14.9 Å². The smallest absolute Gasteiger partial charge is 0.339 e. The number of benzene rings is 1. The molecule has 0 saturated carbocycles. The van der Waals surface area contributed by atoms with Crippen LogP contribution in [0, 0.1) is 0 Å². The molecule has 64 valence electrons. The number of hydrogen-bond acceptors (Lipinski definition) is 3. The third-order valence-electron chi connectivity index (χ3n) is 1.42. The second-order valence-electron chi connectivity index (χ2n) is 2.19. The van der Waals surface area contributed by atoms with Crippen molar-refractivity contribution in [1.29, 1.82) is 0 Å². The molecule has 0 aromatic heterocycles. The Bertz CT molecular complexity index is 306. The van der Waals surface area contributed by atoms with E-state index in [-0.39, 0.29) is 17.1 Å². The van der Waals surface area contributed by atoms with E-state index in [1.807, 2.05) is 0 Å². The van der Waals surface area contributed by atoms with Gasteiger partial charge in [0.1, 0.15) is 17.1 Å². The Hall–Kier alpha value is -1.71. The molecule has 4 heteroatoms. The zero-order chi connectivity index (χ0) is 9.14. The lowest BCUT2D eigenvalue weighted by atomic mass is 10.2. The van der Waals surface area contributed by atoms with Gasteiger partial charge in [-0.3, -0.25) is 0 Å². The maximum absolute atomic E-state index is 10.5. The number of rotatable bonds is 2. The number of carboxylic acids is 1. The van der Waals surface area contributed by atoms with Gasteiger partial charge in [-0.05, 0) is 12.1 Å². The Morgan fingerprint density at radius 2 is 2.17 bits per heavy atom. The van der Waals surface area contributed by atoms with Gasteiger partial charge in [-0.15, -0.1) is 0 Å². The molecule has 0 aliphatic rings. The molecule has 0 fully saturated rings. The van der Waals surface area contributed by atoms with E-state index in [0.29, 0.717) is 0 Å². The number of phenolic OH excluding ortho intramolecular Hbond substituents is 1. The minimum Gasteiger partial charge on any atom is -0.508 e. The van der Waals surface area contributed by atoms with Crippen LogP contribution in [0.15, 0.2) is 18.2 Å². The first kappa shape index (κ1) is 8.39. The molecule has 0 aliphatic heterocycles. The fourth-order valence-corrected chi connectivity index (χ4v) is 0.857. The number of hydrogen-bond donors (Lipinski definition) is 2. The quantitative estimate of drug-likeness (QED) is 0.693. The molecule has 12 heavy (non-hydrogen) atoms. The maximum Gasteiger partial charge on any atom is 0.339 e. The van der Waals surface area contributed by atoms with E-state index in [2.05, 4.69) is 0 Å². The first-order valence-electron chi connectivity index (χ1n) is 3.25. The van der Waals surface area contributed by atoms with Crippen LogP contribution < -0.4 is 4.74 Å². The number of ether oxygens (including phenoxy) is 1. The van der Waals surface area contributed by atoms with E-state index >= 15 is 0 Å². The Balaban J connectivity index is 3.20. The van der Waals surface area contributed by atoms with Gasteiger partial charge in [0.15, 0.2) is 0 Å². The summed E-state index contributed by atoms with van der Waals surface area (Å²) in [7, 11) is 1.35. The van der Waals surface area contributed by atoms with E-state index in [0.717, 1.165) is 0 Å². The van der Waals surface area contributed by atoms with Crippen LogP contribution in [0.4, 0.5) is 0 Å². The second kappa shape index (κ2) is 3.13. The molecule has 0 saturated heterocycles. The predicted octanol–water partition coefficient (Wildman–Crippen LogP) is 1.10. The normalized spacial score (nSPS) is 9.42. The largest absolute Gasteiger partial charge is 0.508 e. The molecule has 0 amide bonds. The number of aromatic hydroxyl groups is 1. The molecule has 0 bridgehead atoms. The van der Waals surface area contributed by atoms with Crippen molar-refractivity contribution in [3.8, 4) is 11.5 Å². The highest BCUT2D eigenvalue weighted by atomic mass is 16.5. The molecule has 1 rings (SSSR count). The van der Waals surface area contributed by atoms with Crippen molar-refractivity contribution in [2.75, 3.05) is 7.11 Å². The van der Waals surface area contributed by atoms with Gasteiger partial charge in [0.25, 0.3) is 0 Å². The first-order chi connectivity index (χ1) is 5.65. The Kier molecular flexibility index (Phi) is 2.19. The fraction of sp³-hybridized carbons (Fsp3) is 0.125. The molecule has 4 nitrogen and oxygen atoms in total. The van der Waals surface area contributed by atoms with Gasteiger partial charge in [-0.1, -0.05) is 0 Å². The highest BCUT2D eigenvalue weighted by Crippen LogP contribution is 2.23. The lowest BCUT2D eigenvalue weighted by Gasteiger charge is -2.03. The van der Waals surface area contributed by atoms with E-state index in [1.54, 1.807) is 0 Å². The van der Waals surface area contributed by atoms with Crippen molar-refractivity contribution >= 4 is 5.97 Å². The lowest BCUT2D eigenvalue weighted by molar-refractivity contribution is 0.0693. The van der Waals surface area contributed by atoms with Crippen LogP contribution in [-0.4, -0.2) is 23.3 Å². The lowest BCUT2D eigenvalue weighted by Crippen LogP contribution is -1.99. The minimum atomic E-state index is -1.08. The summed E-state index contributed by atoms with van der Waals surface area (Å²) in [5.41, 5.74) is 0.0373. The molecular weight excluding hydrogens is 160 g/mol. The number of carbonyl (C=O) groups is 1. The second-order valence-corrected chi connectivity index (χ2v) is 2.19. The predicted molar refractivity (Wildman–Crippen MR) is 41.6 cm³/mol. The van der Waals surface area contributed by atoms with Gasteiger partial charge >= 0.3 is 5.97 Å². The van der Waals surface area contributed by atoms with Gasteiger partial charge in [0.2, 0.25) is 0 Å². The summed E-state index contributed by atoms with van der Waals surface area (Å²) in [5.74, 6) is -0.939. The van der Waals surface area contributed by atoms with Crippen LogP contribution in [0.1, 0.15) is 10.4 Å². The third kappa shape index (κ3) is 1.47. The molecule has 1 aromatic rings. The Labute approximate surface area is 69.0 Å². The van der Waals surface area contributed by atoms with Crippen LogP contribution in [0.3, 0.4) is 0 Å². The number of aromatic carboxylic acids is 1. The summed E-state index contributed by atoms with van der Waals surface area (Å²) in [5, 5.41) is 17.6. The summed E-state index contributed by atoms with van der Waals surface area (Å²) in [6, 6.07) is 3.84. The highest BCUT2D eigenvalue weighted by Gasteiger charge is 2.10. The number of methoxy groups -OCH3 is 1. The highest BCUT2D eigenvalue weighted by molar-refractivity contribution is 5.91. The zero-order valence-electron chi connectivity index (χ0n) is 6.44. The van der Waals surface area contributed by atoms with Crippen molar-refractivity contribution in [3.05, 3.63) is 23.8 Å². The van der Waals surface area contributed by atoms with Crippen LogP contribution in [0.5, 0.6) is 11.5 Å². The van der Waals surface area contributed by atoms with Gasteiger partial charge in [-0.2, -0.15) is 0 Å². The topological polar surface area (TPSA) is 66.8 Å². The Morgan fingerprint density at radius 1 is 1.50 bits per heavy atom. The molecule has 2 N–H and O–H groups in total. The van der Waals surface area contributed by atoms with Gasteiger partial charge in [0, 0.05) is 6.07 Å². The number of carboxylic acid groups (broad SMARTS) is 1. The van der Waals surface area contributed by atoms with E-state index in [9.17, 15) is 4.79 Å². The standard InChI is InChI=1S/C8H8O4/c1-12-7-4-5(9)2-3-6(7)8(10)11/h2-4,9H,1H3,(H,10,11). The SMILES string of the molecule is COc1cc(O)ccc1C(=O)O. The van der Waals surface area contributed by atoms with Crippen LogP contribution >= 0.6 is 0 Å². The molecule has 1 aromatic carbocycles. The van der Waals surface area contributed by atoms with Gasteiger partial charge < -0.3 is 14.9 Å². The molecule has 0 aliphatic carbocycles. The maximum atomic E-state index is 10.5. The summed E-state index contributed by atoms with van der Waals surface area (Å²) in [6.07, 6.45) is 0. The summed E-state index contributed by atoms with van der Waals surface area (Å²) < 4.78 is 4.75. The summed E-state index contributed by atoms with van der Waals surface area (Å²) >= 11 is 0. The van der Waals surface area contributed by atoms with E-state index < -0.39 is 5.97 Å². The molecule has 0 unspecified atom stereocenters. The average Bonchev–Trinajstić information content (AvgIpc) is 2.03. The van der Waals surface area contributed by atoms with Crippen molar-refractivity contribution in [2.24, 2.45) is 0 Å². The first-order valence-corrected chi connectivity index (χ1v) is 3.25. The molecule has 0 heterocycles. The van der Waals surface area contributed by atoms with Crippen LogP contribution in [-0.2, 0) is 0 Å². The fourth-order valence-electron chi connectivity index (χ4n) is 0.857. The minimum absolute atomic E-state index is 0.0168. The van der Waals surface area contributed by atoms with Crippen molar-refractivity contribution in [1.82, 2.24) is 0 Å². The molecule has 0 atom stereocenters. The van der Waals surface area contributed by atoms with Gasteiger partial charge in [-0.25, -0.2) is 4.79 Å². The van der Waals surface area contributed by atoms with E-state index in [1.165, 1.54) is 25.3 Å².